The van der Waals surface area contributed by atoms with Crippen LogP contribution < -0.4 is 0 Å². The number of carbonyl (C=O) groups excluding carboxylic acids is 1. The normalized spacial score (nSPS) is 21.4. The molecule has 2 unspecified atom stereocenters. The van der Waals surface area contributed by atoms with Crippen LogP contribution in [0.25, 0.3) is 0 Å². The average molecular weight is 366 g/mol. The maximum atomic E-state index is 12.4. The van der Waals surface area contributed by atoms with Crippen molar-refractivity contribution < 1.29 is 19.1 Å². The minimum absolute atomic E-state index is 0.0156. The van der Waals surface area contributed by atoms with Crippen LogP contribution in [0.5, 0.6) is 0 Å². The molecule has 5 nitrogen and oxygen atoms in total. The summed E-state index contributed by atoms with van der Waals surface area (Å²) in [5.74, 6) is -0.0570. The van der Waals surface area contributed by atoms with Gasteiger partial charge >= 0.3 is 6.09 Å². The van der Waals surface area contributed by atoms with Crippen LogP contribution in [-0.2, 0) is 15.8 Å². The zero-order valence-electron chi connectivity index (χ0n) is 16.0. The van der Waals surface area contributed by atoms with Crippen LogP contribution in [0.4, 0.5) is 4.79 Å². The first-order valence-corrected chi connectivity index (χ1v) is 11.8. The summed E-state index contributed by atoms with van der Waals surface area (Å²) in [7, 11) is -1.95. The Morgan fingerprint density at radius 3 is 2.44 bits per heavy atom. The van der Waals surface area contributed by atoms with Gasteiger partial charge in [0, 0.05) is 19.0 Å². The van der Waals surface area contributed by atoms with Crippen LogP contribution in [0.1, 0.15) is 26.3 Å². The first-order valence-electron chi connectivity index (χ1n) is 8.88. The Bertz CT molecular complexity index is 571. The van der Waals surface area contributed by atoms with E-state index in [-0.39, 0.29) is 36.4 Å². The summed E-state index contributed by atoms with van der Waals surface area (Å²) in [4.78, 5) is 14.0. The van der Waals surface area contributed by atoms with E-state index in [0.29, 0.717) is 13.1 Å². The van der Waals surface area contributed by atoms with Gasteiger partial charge in [-0.1, -0.05) is 51.1 Å². The van der Waals surface area contributed by atoms with Gasteiger partial charge in [-0.05, 0) is 23.7 Å². The third kappa shape index (κ3) is 5.06. The second-order valence-corrected chi connectivity index (χ2v) is 13.1. The fourth-order valence-electron chi connectivity index (χ4n) is 2.67. The number of hydrogen-bond acceptors (Lipinski definition) is 4. The molecule has 25 heavy (non-hydrogen) atoms. The fourth-order valence-corrected chi connectivity index (χ4v) is 4.04. The molecule has 1 heterocycles. The minimum atomic E-state index is -1.95. The summed E-state index contributed by atoms with van der Waals surface area (Å²) in [6.45, 7) is 12.2. The van der Waals surface area contributed by atoms with Gasteiger partial charge in [-0.15, -0.1) is 0 Å². The summed E-state index contributed by atoms with van der Waals surface area (Å²) in [5, 5.41) is 9.79. The lowest BCUT2D eigenvalue weighted by atomic mass is 10.1. The molecule has 1 aromatic carbocycles. The lowest BCUT2D eigenvalue weighted by Gasteiger charge is -2.39. The third-order valence-corrected chi connectivity index (χ3v) is 9.84. The second kappa shape index (κ2) is 7.89. The summed E-state index contributed by atoms with van der Waals surface area (Å²) >= 11 is 0. The van der Waals surface area contributed by atoms with Gasteiger partial charge in [0.2, 0.25) is 0 Å². The Kier molecular flexibility index (Phi) is 6.29. The third-order valence-electron chi connectivity index (χ3n) is 5.33. The molecule has 2 atom stereocenters. The molecule has 1 N–H and O–H groups in total. The van der Waals surface area contributed by atoms with E-state index in [1.165, 1.54) is 0 Å². The van der Waals surface area contributed by atoms with Crippen molar-refractivity contribution in [3.8, 4) is 0 Å². The number of ether oxygens (including phenoxy) is 1. The molecule has 1 aliphatic heterocycles. The van der Waals surface area contributed by atoms with E-state index in [1.54, 1.807) is 4.90 Å². The van der Waals surface area contributed by atoms with E-state index in [9.17, 15) is 9.90 Å². The quantitative estimate of drug-likeness (QED) is 0.810. The smallest absolute Gasteiger partial charge is 0.410 e. The molecule has 6 heteroatoms. The number of aliphatic hydroxyl groups is 1. The van der Waals surface area contributed by atoms with E-state index in [0.717, 1.165) is 5.56 Å². The second-order valence-electron chi connectivity index (χ2n) is 8.30. The molecular formula is C19H31NO4Si. The van der Waals surface area contributed by atoms with Crippen molar-refractivity contribution in [3.63, 3.8) is 0 Å². The number of likely N-dealkylation sites (tertiary alicyclic amines) is 1. The van der Waals surface area contributed by atoms with Crippen LogP contribution in [0, 0.1) is 5.92 Å². The number of hydrogen-bond donors (Lipinski definition) is 1. The van der Waals surface area contributed by atoms with Crippen LogP contribution in [0.15, 0.2) is 30.3 Å². The van der Waals surface area contributed by atoms with E-state index >= 15 is 0 Å². The SMILES string of the molecule is CC(C)(C)[Si](C)(C)OC1CN(C(=O)OCc2ccccc2)CC1CO. The summed E-state index contributed by atoms with van der Waals surface area (Å²) in [5.41, 5.74) is 0.961. The average Bonchev–Trinajstić information content (AvgIpc) is 2.95. The Morgan fingerprint density at radius 1 is 1.24 bits per heavy atom. The number of carbonyl (C=O) groups is 1. The first kappa shape index (κ1) is 19.9. The number of benzene rings is 1. The Morgan fingerprint density at radius 2 is 1.88 bits per heavy atom. The number of aliphatic hydroxyl groups excluding tert-OH is 1. The van der Waals surface area contributed by atoms with Gasteiger partial charge in [0.15, 0.2) is 8.32 Å². The summed E-state index contributed by atoms with van der Waals surface area (Å²) in [6, 6.07) is 9.63. The minimum Gasteiger partial charge on any atom is -0.445 e. The molecule has 1 amide bonds. The predicted octanol–water partition coefficient (Wildman–Crippen LogP) is 3.64. The molecule has 1 saturated heterocycles. The van der Waals surface area contributed by atoms with Crippen molar-refractivity contribution in [2.45, 2.75) is 51.6 Å². The van der Waals surface area contributed by atoms with Crippen molar-refractivity contribution in [1.29, 1.82) is 0 Å². The molecule has 1 aromatic rings. The molecular weight excluding hydrogens is 334 g/mol. The van der Waals surface area contributed by atoms with Crippen molar-refractivity contribution in [1.82, 2.24) is 4.90 Å². The molecule has 0 bridgehead atoms. The fraction of sp³-hybridized carbons (Fsp3) is 0.632. The largest absolute Gasteiger partial charge is 0.445 e. The number of nitrogens with zero attached hydrogens (tertiary/aromatic N) is 1. The first-order chi connectivity index (χ1) is 11.6. The summed E-state index contributed by atoms with van der Waals surface area (Å²) in [6.07, 6.45) is -0.473. The molecule has 0 aliphatic carbocycles. The Labute approximate surface area is 152 Å². The maximum absolute atomic E-state index is 12.4. The van der Waals surface area contributed by atoms with Crippen molar-refractivity contribution in [2.24, 2.45) is 5.92 Å². The Hall–Kier alpha value is -1.37. The highest BCUT2D eigenvalue weighted by Crippen LogP contribution is 2.39. The van der Waals surface area contributed by atoms with Crippen molar-refractivity contribution >= 4 is 14.4 Å². The van der Waals surface area contributed by atoms with E-state index in [2.05, 4.69) is 33.9 Å². The van der Waals surface area contributed by atoms with Gasteiger partial charge in [0.25, 0.3) is 0 Å². The van der Waals surface area contributed by atoms with Gasteiger partial charge in [0.05, 0.1) is 12.7 Å². The zero-order valence-corrected chi connectivity index (χ0v) is 17.0. The van der Waals surface area contributed by atoms with Crippen LogP contribution in [-0.4, -0.2) is 50.2 Å². The Balaban J connectivity index is 1.94. The van der Waals surface area contributed by atoms with E-state index < -0.39 is 8.32 Å². The van der Waals surface area contributed by atoms with Crippen LogP contribution >= 0.6 is 0 Å². The van der Waals surface area contributed by atoms with Gasteiger partial charge in [-0.2, -0.15) is 0 Å². The van der Waals surface area contributed by atoms with Gasteiger partial charge in [0.1, 0.15) is 6.61 Å². The topological polar surface area (TPSA) is 59.0 Å². The highest BCUT2D eigenvalue weighted by Gasteiger charge is 2.44. The molecule has 140 valence electrons. The maximum Gasteiger partial charge on any atom is 0.410 e. The lowest BCUT2D eigenvalue weighted by Crippen LogP contribution is -2.46. The van der Waals surface area contributed by atoms with Crippen molar-refractivity contribution in [2.75, 3.05) is 19.7 Å². The van der Waals surface area contributed by atoms with Crippen LogP contribution in [0.2, 0.25) is 18.1 Å². The molecule has 1 aliphatic rings. The molecule has 0 aromatic heterocycles. The summed E-state index contributed by atoms with van der Waals surface area (Å²) < 4.78 is 11.9. The lowest BCUT2D eigenvalue weighted by molar-refractivity contribution is 0.0969. The molecule has 2 rings (SSSR count). The van der Waals surface area contributed by atoms with E-state index in [1.807, 2.05) is 30.3 Å². The van der Waals surface area contributed by atoms with Crippen LogP contribution in [0.3, 0.4) is 0 Å². The molecule has 0 radical (unpaired) electrons. The predicted molar refractivity (Wildman–Crippen MR) is 101 cm³/mol. The van der Waals surface area contributed by atoms with Crippen molar-refractivity contribution in [3.05, 3.63) is 35.9 Å². The standard InChI is InChI=1S/C19H31NO4Si/c1-19(2,3)25(4,5)24-17-12-20(11-16(17)13-21)18(22)23-14-15-9-7-6-8-10-15/h6-10,16-17,21H,11-14H2,1-5H3. The monoisotopic (exact) mass is 365 g/mol. The van der Waals surface area contributed by atoms with Gasteiger partial charge in [-0.25, -0.2) is 4.79 Å². The van der Waals surface area contributed by atoms with Gasteiger partial charge in [-0.3, -0.25) is 0 Å². The van der Waals surface area contributed by atoms with E-state index in [4.69, 9.17) is 9.16 Å². The zero-order chi connectivity index (χ0) is 18.7. The van der Waals surface area contributed by atoms with Gasteiger partial charge < -0.3 is 19.2 Å². The molecule has 0 spiro atoms. The molecule has 0 saturated carbocycles. The number of rotatable bonds is 5. The highest BCUT2D eigenvalue weighted by atomic mass is 28.4. The molecule has 1 fully saturated rings. The number of amides is 1. The highest BCUT2D eigenvalue weighted by molar-refractivity contribution is 6.74.